The van der Waals surface area contributed by atoms with Gasteiger partial charge >= 0.3 is 0 Å². The summed E-state index contributed by atoms with van der Waals surface area (Å²) >= 11 is 6.99. The third kappa shape index (κ3) is 2.44. The van der Waals surface area contributed by atoms with E-state index >= 15 is 0 Å². The molecule has 0 radical (unpaired) electrons. The molecule has 0 saturated heterocycles. The summed E-state index contributed by atoms with van der Waals surface area (Å²) in [7, 11) is 0. The SMILES string of the molecule is Cc1nc(/C=C(\Cl)C=O)cs1. The minimum atomic E-state index is 0.176. The van der Waals surface area contributed by atoms with Crippen molar-refractivity contribution < 1.29 is 4.79 Å². The third-order valence-electron chi connectivity index (χ3n) is 1.04. The number of hydrogen-bond acceptors (Lipinski definition) is 3. The minimum Gasteiger partial charge on any atom is -0.297 e. The molecule has 11 heavy (non-hydrogen) atoms. The number of aryl methyl sites for hydroxylation is 1. The first-order valence-corrected chi connectivity index (χ1v) is 4.22. The van der Waals surface area contributed by atoms with Crippen LogP contribution in [0.3, 0.4) is 0 Å². The second-order valence-corrected chi connectivity index (χ2v) is 3.44. The summed E-state index contributed by atoms with van der Waals surface area (Å²) in [4.78, 5) is 14.2. The average Bonchev–Trinajstić information content (AvgIpc) is 2.35. The predicted octanol–water partition coefficient (Wildman–Crippen LogP) is 2.23. The normalized spacial score (nSPS) is 11.6. The Morgan fingerprint density at radius 3 is 3.00 bits per heavy atom. The maximum absolute atomic E-state index is 10.1. The fourth-order valence-corrected chi connectivity index (χ4v) is 1.30. The lowest BCUT2D eigenvalue weighted by Crippen LogP contribution is -1.75. The van der Waals surface area contributed by atoms with Gasteiger partial charge in [0, 0.05) is 5.38 Å². The van der Waals surface area contributed by atoms with Crippen molar-refractivity contribution in [3.8, 4) is 0 Å². The van der Waals surface area contributed by atoms with Gasteiger partial charge in [-0.3, -0.25) is 4.79 Å². The molecule has 4 heteroatoms. The van der Waals surface area contributed by atoms with E-state index in [0.29, 0.717) is 6.29 Å². The molecule has 1 aromatic heterocycles. The van der Waals surface area contributed by atoms with Crippen LogP contribution in [0.4, 0.5) is 0 Å². The largest absolute Gasteiger partial charge is 0.297 e. The molecule has 0 atom stereocenters. The molecule has 0 fully saturated rings. The molecule has 58 valence electrons. The molecule has 0 amide bonds. The lowest BCUT2D eigenvalue weighted by atomic mass is 10.4. The van der Waals surface area contributed by atoms with Crippen molar-refractivity contribution in [2.75, 3.05) is 0 Å². The van der Waals surface area contributed by atoms with Gasteiger partial charge in [-0.2, -0.15) is 0 Å². The van der Waals surface area contributed by atoms with Crippen molar-refractivity contribution in [3.63, 3.8) is 0 Å². The van der Waals surface area contributed by atoms with Crippen LogP contribution < -0.4 is 0 Å². The highest BCUT2D eigenvalue weighted by Gasteiger charge is 1.95. The number of thiazole rings is 1. The van der Waals surface area contributed by atoms with Gasteiger partial charge in [-0.05, 0) is 13.0 Å². The van der Waals surface area contributed by atoms with Gasteiger partial charge in [-0.1, -0.05) is 11.6 Å². The van der Waals surface area contributed by atoms with Gasteiger partial charge in [-0.15, -0.1) is 11.3 Å². The predicted molar refractivity (Wildman–Crippen MR) is 46.7 cm³/mol. The summed E-state index contributed by atoms with van der Waals surface area (Å²) in [6.45, 7) is 1.90. The van der Waals surface area contributed by atoms with Crippen molar-refractivity contribution >= 4 is 35.3 Å². The Hall–Kier alpha value is -0.670. The molecule has 0 N–H and O–H groups in total. The lowest BCUT2D eigenvalue weighted by Gasteiger charge is -1.81. The number of rotatable bonds is 2. The van der Waals surface area contributed by atoms with Crippen LogP contribution in [0.1, 0.15) is 10.7 Å². The quantitative estimate of drug-likeness (QED) is 0.525. The Morgan fingerprint density at radius 2 is 2.55 bits per heavy atom. The number of halogens is 1. The maximum Gasteiger partial charge on any atom is 0.161 e. The van der Waals surface area contributed by atoms with Gasteiger partial charge < -0.3 is 0 Å². The summed E-state index contributed by atoms with van der Waals surface area (Å²) in [5, 5.41) is 2.99. The number of carbonyl (C=O) groups is 1. The summed E-state index contributed by atoms with van der Waals surface area (Å²) in [6, 6.07) is 0. The van der Waals surface area contributed by atoms with Gasteiger partial charge in [0.05, 0.1) is 15.7 Å². The molecule has 1 rings (SSSR count). The second kappa shape index (κ2) is 3.64. The first-order valence-electron chi connectivity index (χ1n) is 2.97. The Morgan fingerprint density at radius 1 is 1.82 bits per heavy atom. The summed E-state index contributed by atoms with van der Waals surface area (Å²) in [6.07, 6.45) is 2.13. The third-order valence-corrected chi connectivity index (χ3v) is 2.03. The first-order chi connectivity index (χ1) is 5.22. The van der Waals surface area contributed by atoms with E-state index in [1.165, 1.54) is 17.4 Å². The second-order valence-electron chi connectivity index (χ2n) is 1.94. The minimum absolute atomic E-state index is 0.176. The van der Waals surface area contributed by atoms with Gasteiger partial charge in [0.1, 0.15) is 0 Å². The van der Waals surface area contributed by atoms with Gasteiger partial charge in [0.15, 0.2) is 6.29 Å². The molecular formula is C7H6ClNOS. The Balaban J connectivity index is 2.86. The zero-order chi connectivity index (χ0) is 8.27. The summed E-state index contributed by atoms with van der Waals surface area (Å²) in [5.41, 5.74) is 0.740. The van der Waals surface area contributed by atoms with E-state index in [1.54, 1.807) is 0 Å². The van der Waals surface area contributed by atoms with Gasteiger partial charge in [-0.25, -0.2) is 4.98 Å². The topological polar surface area (TPSA) is 30.0 Å². The van der Waals surface area contributed by atoms with Crippen molar-refractivity contribution in [3.05, 3.63) is 21.1 Å². The van der Waals surface area contributed by atoms with Crippen molar-refractivity contribution in [1.82, 2.24) is 4.98 Å². The summed E-state index contributed by atoms with van der Waals surface area (Å²) in [5.74, 6) is 0. The van der Waals surface area contributed by atoms with Crippen molar-refractivity contribution in [2.24, 2.45) is 0 Å². The van der Waals surface area contributed by atoms with E-state index in [1.807, 2.05) is 12.3 Å². The molecule has 0 aliphatic heterocycles. The molecule has 1 aromatic rings. The highest BCUT2D eigenvalue weighted by Crippen LogP contribution is 2.12. The molecule has 0 bridgehead atoms. The molecule has 0 saturated carbocycles. The van der Waals surface area contributed by atoms with Crippen molar-refractivity contribution in [2.45, 2.75) is 6.92 Å². The number of aldehydes is 1. The average molecular weight is 188 g/mol. The number of hydrogen-bond donors (Lipinski definition) is 0. The zero-order valence-electron chi connectivity index (χ0n) is 5.87. The molecule has 0 spiro atoms. The van der Waals surface area contributed by atoms with Crippen LogP contribution in [0.2, 0.25) is 0 Å². The monoisotopic (exact) mass is 187 g/mol. The molecule has 0 aliphatic carbocycles. The van der Waals surface area contributed by atoms with Crippen LogP contribution >= 0.6 is 22.9 Å². The van der Waals surface area contributed by atoms with Crippen molar-refractivity contribution in [1.29, 1.82) is 0 Å². The van der Waals surface area contributed by atoms with E-state index < -0.39 is 0 Å². The maximum atomic E-state index is 10.1. The molecular weight excluding hydrogens is 182 g/mol. The number of allylic oxidation sites excluding steroid dienone is 1. The van der Waals surface area contributed by atoms with E-state index in [2.05, 4.69) is 4.98 Å². The Labute approximate surface area is 73.5 Å². The molecule has 0 unspecified atom stereocenters. The van der Waals surface area contributed by atoms with Crippen LogP contribution in [0, 0.1) is 6.92 Å². The fraction of sp³-hybridized carbons (Fsp3) is 0.143. The smallest absolute Gasteiger partial charge is 0.161 e. The molecule has 1 heterocycles. The molecule has 2 nitrogen and oxygen atoms in total. The van der Waals surface area contributed by atoms with E-state index in [4.69, 9.17) is 11.6 Å². The number of carbonyl (C=O) groups excluding carboxylic acids is 1. The number of nitrogens with zero attached hydrogens (tertiary/aromatic N) is 1. The lowest BCUT2D eigenvalue weighted by molar-refractivity contribution is -0.104. The Bertz CT molecular complexity index is 292. The fourth-order valence-electron chi connectivity index (χ4n) is 0.622. The van der Waals surface area contributed by atoms with E-state index in [9.17, 15) is 4.79 Å². The Kier molecular flexibility index (Phi) is 2.79. The van der Waals surface area contributed by atoms with Crippen LogP contribution in [0.25, 0.3) is 6.08 Å². The highest BCUT2D eigenvalue weighted by molar-refractivity contribution is 7.09. The van der Waals surface area contributed by atoms with E-state index in [-0.39, 0.29) is 5.03 Å². The standard InChI is InChI=1S/C7H6ClNOS/c1-5-9-7(4-11-5)2-6(8)3-10/h2-4H,1H3/b6-2-. The number of aromatic nitrogens is 1. The van der Waals surface area contributed by atoms with Crippen LogP contribution in [0.5, 0.6) is 0 Å². The summed E-state index contributed by atoms with van der Waals surface area (Å²) < 4.78 is 0. The van der Waals surface area contributed by atoms with E-state index in [0.717, 1.165) is 10.7 Å². The molecule has 0 aliphatic rings. The highest BCUT2D eigenvalue weighted by atomic mass is 35.5. The van der Waals surface area contributed by atoms with Gasteiger partial charge in [0.25, 0.3) is 0 Å². The first kappa shape index (κ1) is 8.43. The zero-order valence-corrected chi connectivity index (χ0v) is 7.45. The van der Waals surface area contributed by atoms with Crippen LogP contribution in [0.15, 0.2) is 10.4 Å². The van der Waals surface area contributed by atoms with Crippen LogP contribution in [-0.2, 0) is 4.79 Å². The van der Waals surface area contributed by atoms with Crippen LogP contribution in [-0.4, -0.2) is 11.3 Å². The van der Waals surface area contributed by atoms with Gasteiger partial charge in [0.2, 0.25) is 0 Å². The molecule has 0 aromatic carbocycles.